The van der Waals surface area contributed by atoms with Crippen molar-refractivity contribution in [3.05, 3.63) is 87.3 Å². The first-order valence-electron chi connectivity index (χ1n) is 8.89. The average Bonchev–Trinajstić information content (AvgIpc) is 2.86. The predicted octanol–water partition coefficient (Wildman–Crippen LogP) is 3.87. The first kappa shape index (κ1) is 19.0. The molecule has 0 unspecified atom stereocenters. The van der Waals surface area contributed by atoms with Gasteiger partial charge in [-0.25, -0.2) is 0 Å². The third kappa shape index (κ3) is 3.57. The fraction of sp³-hybridized carbons (Fsp3) is 0.286. The molecule has 0 spiro atoms. The van der Waals surface area contributed by atoms with Gasteiger partial charge in [-0.3, -0.25) is 14.9 Å². The van der Waals surface area contributed by atoms with E-state index in [0.717, 1.165) is 24.7 Å². The van der Waals surface area contributed by atoms with Gasteiger partial charge >= 0.3 is 0 Å². The molecule has 0 aromatic heterocycles. The Balaban J connectivity index is 2.04. The molecule has 0 amide bonds. The Morgan fingerprint density at radius 3 is 2.67 bits per heavy atom. The molecule has 0 saturated carbocycles. The van der Waals surface area contributed by atoms with Crippen molar-refractivity contribution in [3.63, 3.8) is 0 Å². The molecule has 0 N–H and O–H groups in total. The molecule has 3 rings (SSSR count). The fourth-order valence-corrected chi connectivity index (χ4v) is 3.73. The summed E-state index contributed by atoms with van der Waals surface area (Å²) >= 11 is 0. The topological polar surface area (TPSA) is 63.5 Å². The molecule has 1 aromatic carbocycles. The number of carbonyl (C=O) groups is 1. The van der Waals surface area contributed by atoms with E-state index in [1.54, 1.807) is 6.08 Å². The molecule has 137 valence electrons. The number of carbonyl (C=O) groups excluding carboxylic acids is 1. The van der Waals surface area contributed by atoms with E-state index in [9.17, 15) is 14.9 Å². The van der Waals surface area contributed by atoms with E-state index in [1.807, 2.05) is 18.2 Å². The lowest BCUT2D eigenvalue weighted by atomic mass is 9.83. The summed E-state index contributed by atoms with van der Waals surface area (Å²) < 4.78 is 0. The normalized spacial score (nSPS) is 20.9. The van der Waals surface area contributed by atoms with Gasteiger partial charge in [-0.1, -0.05) is 38.1 Å². The third-order valence-corrected chi connectivity index (χ3v) is 5.34. The summed E-state index contributed by atoms with van der Waals surface area (Å²) in [7, 11) is 3.54. The number of para-hydroxylation sites is 1. The zero-order chi connectivity index (χ0) is 19.6. The number of hydrogen-bond donors (Lipinski definition) is 0. The quantitative estimate of drug-likeness (QED) is 0.338. The molecule has 27 heavy (non-hydrogen) atoms. The second kappa shape index (κ2) is 7.48. The Kier molecular flexibility index (Phi) is 5.28. The van der Waals surface area contributed by atoms with Crippen LogP contribution < -0.4 is 4.90 Å². The molecule has 0 fully saturated rings. The van der Waals surface area contributed by atoms with Gasteiger partial charge in [-0.05, 0) is 36.3 Å². The van der Waals surface area contributed by atoms with Crippen LogP contribution in [0.25, 0.3) is 0 Å². The highest BCUT2D eigenvalue weighted by molar-refractivity contribution is 6.08. The van der Waals surface area contributed by atoms with Gasteiger partial charge in [0.2, 0.25) is 0 Å². The summed E-state index contributed by atoms with van der Waals surface area (Å²) in [5.74, 6) is -0.225. The number of nitro groups is 1. The van der Waals surface area contributed by atoms with Crippen LogP contribution in [0.15, 0.2) is 71.6 Å². The summed E-state index contributed by atoms with van der Waals surface area (Å²) in [5, 5.41) is 11.0. The molecule has 0 bridgehead atoms. The van der Waals surface area contributed by atoms with Crippen LogP contribution in [0.1, 0.15) is 25.8 Å². The van der Waals surface area contributed by atoms with E-state index in [0.29, 0.717) is 5.57 Å². The van der Waals surface area contributed by atoms with Crippen molar-refractivity contribution in [2.45, 2.75) is 31.7 Å². The molecule has 5 nitrogen and oxygen atoms in total. The predicted molar refractivity (Wildman–Crippen MR) is 107 cm³/mol. The van der Waals surface area contributed by atoms with Crippen molar-refractivity contribution in [1.29, 1.82) is 0 Å². The number of benzene rings is 1. The summed E-state index contributed by atoms with van der Waals surface area (Å²) in [5.41, 5.74) is 3.51. The van der Waals surface area contributed by atoms with Crippen LogP contribution in [-0.4, -0.2) is 27.5 Å². The van der Waals surface area contributed by atoms with E-state index in [1.165, 1.54) is 29.5 Å². The molecule has 3 radical (unpaired) electrons. The summed E-state index contributed by atoms with van der Waals surface area (Å²) in [6.07, 6.45) is 8.41. The number of hydrogen-bond acceptors (Lipinski definition) is 4. The highest BCUT2D eigenvalue weighted by Gasteiger charge is 2.39. The van der Waals surface area contributed by atoms with Gasteiger partial charge < -0.3 is 4.90 Å². The van der Waals surface area contributed by atoms with E-state index in [-0.39, 0.29) is 16.9 Å². The van der Waals surface area contributed by atoms with Crippen LogP contribution in [-0.2, 0) is 10.2 Å². The Bertz CT molecular complexity index is 910. The molecular weight excluding hydrogens is 356 g/mol. The Labute approximate surface area is 162 Å². The van der Waals surface area contributed by atoms with Crippen molar-refractivity contribution >= 4 is 21.7 Å². The van der Waals surface area contributed by atoms with Crippen molar-refractivity contribution in [2.75, 3.05) is 11.4 Å². The lowest BCUT2D eigenvalue weighted by Gasteiger charge is -2.27. The lowest BCUT2D eigenvalue weighted by molar-refractivity contribution is -0.419. The van der Waals surface area contributed by atoms with E-state index in [2.05, 4.69) is 41.1 Å². The second-order valence-electron chi connectivity index (χ2n) is 7.10. The Hall–Kier alpha value is -2.73. The van der Waals surface area contributed by atoms with Crippen molar-refractivity contribution < 1.29 is 9.72 Å². The fourth-order valence-electron chi connectivity index (χ4n) is 3.57. The minimum absolute atomic E-state index is 0.0795. The molecule has 0 atom stereocenters. The van der Waals surface area contributed by atoms with Gasteiger partial charge in [0.1, 0.15) is 0 Å². The summed E-state index contributed by atoms with van der Waals surface area (Å²) in [4.78, 5) is 24.9. The minimum Gasteiger partial charge on any atom is -0.344 e. The smallest absolute Gasteiger partial charge is 0.270 e. The molecule has 0 saturated heterocycles. The number of fused-ring (bicyclic) bond motifs is 1. The van der Waals surface area contributed by atoms with Crippen LogP contribution in [0.3, 0.4) is 0 Å². The largest absolute Gasteiger partial charge is 0.344 e. The van der Waals surface area contributed by atoms with Crippen LogP contribution in [0.5, 0.6) is 0 Å². The van der Waals surface area contributed by atoms with Gasteiger partial charge in [0.05, 0.1) is 4.92 Å². The Morgan fingerprint density at radius 2 is 1.96 bits per heavy atom. The second-order valence-corrected chi connectivity index (χ2v) is 7.60. The van der Waals surface area contributed by atoms with E-state index < -0.39 is 4.92 Å². The number of allylic oxidation sites excluding steroid dienone is 7. The maximum atomic E-state index is 12.1. The molecule has 6 heteroatoms. The van der Waals surface area contributed by atoms with E-state index in [4.69, 9.17) is 0 Å². The first-order valence-corrected chi connectivity index (χ1v) is 9.59. The first-order chi connectivity index (χ1) is 12.9. The highest BCUT2D eigenvalue weighted by Crippen LogP contribution is 2.47. The lowest BCUT2D eigenvalue weighted by Crippen LogP contribution is -2.27. The van der Waals surface area contributed by atoms with Crippen LogP contribution in [0.2, 0.25) is 6.04 Å². The van der Waals surface area contributed by atoms with Crippen molar-refractivity contribution in [1.82, 2.24) is 0 Å². The SMILES string of the molecule is CC1(C)/C(=C\C=C2\C=C([N+](=O)[O-])C=CC2=O)N(CCC[Si])c2ccccc21. The molecule has 1 aliphatic carbocycles. The molecule has 1 aromatic rings. The maximum absolute atomic E-state index is 12.1. The summed E-state index contributed by atoms with van der Waals surface area (Å²) in [6.45, 7) is 5.16. The van der Waals surface area contributed by atoms with Crippen LogP contribution in [0, 0.1) is 10.1 Å². The zero-order valence-corrected chi connectivity index (χ0v) is 16.4. The Morgan fingerprint density at radius 1 is 1.22 bits per heavy atom. The standard InChI is InChI=1S/C21H21N2O3Si/c1-21(2)17-6-3-4-7-18(17)22(12-5-13-27)20(21)11-8-15-14-16(23(25)26)9-10-19(15)24/h3-4,6-11,14H,5,12-13H2,1-2H3/b15-8-,20-11+. The van der Waals surface area contributed by atoms with E-state index >= 15 is 0 Å². The van der Waals surface area contributed by atoms with Gasteiger partial charge in [0, 0.05) is 51.3 Å². The van der Waals surface area contributed by atoms with Gasteiger partial charge in [0.25, 0.3) is 5.70 Å². The molecule has 1 heterocycles. The molecular formula is C21H21N2O3Si. The number of anilines is 1. The van der Waals surface area contributed by atoms with Gasteiger partial charge in [-0.15, -0.1) is 0 Å². The van der Waals surface area contributed by atoms with Crippen LogP contribution >= 0.6 is 0 Å². The summed E-state index contributed by atoms with van der Waals surface area (Å²) in [6, 6.07) is 9.19. The molecule has 2 aliphatic rings. The number of nitrogens with zero attached hydrogens (tertiary/aromatic N) is 2. The molecule has 1 aliphatic heterocycles. The van der Waals surface area contributed by atoms with Gasteiger partial charge in [-0.2, -0.15) is 0 Å². The number of rotatable bonds is 5. The zero-order valence-electron chi connectivity index (χ0n) is 15.4. The average molecular weight is 377 g/mol. The highest BCUT2D eigenvalue weighted by atomic mass is 28.1. The third-order valence-electron chi connectivity index (χ3n) is 4.98. The maximum Gasteiger partial charge on any atom is 0.270 e. The minimum atomic E-state index is -0.485. The monoisotopic (exact) mass is 377 g/mol. The van der Waals surface area contributed by atoms with Crippen molar-refractivity contribution in [3.8, 4) is 0 Å². The van der Waals surface area contributed by atoms with Crippen molar-refractivity contribution in [2.24, 2.45) is 0 Å². The van der Waals surface area contributed by atoms with Crippen LogP contribution in [0.4, 0.5) is 5.69 Å². The number of ketones is 1. The van der Waals surface area contributed by atoms with Gasteiger partial charge in [0.15, 0.2) is 5.78 Å².